The van der Waals surface area contributed by atoms with E-state index in [9.17, 15) is 55.9 Å². The quantitative estimate of drug-likeness (QED) is 0.143. The molecule has 16 heteroatoms. The first-order valence-electron chi connectivity index (χ1n) is 12.9. The maximum atomic E-state index is 13.1. The average Bonchev–Trinajstić information content (AvgIpc) is 2.97. The number of ether oxygens (including phenoxy) is 4. The Morgan fingerprint density at radius 3 is 2.23 bits per heavy atom. The Bertz CT molecular complexity index is 1540. The van der Waals surface area contributed by atoms with Gasteiger partial charge in [0.25, 0.3) is 0 Å². The van der Waals surface area contributed by atoms with Gasteiger partial charge < -0.3 is 74.4 Å². The van der Waals surface area contributed by atoms with Gasteiger partial charge in [0.1, 0.15) is 77.1 Å². The van der Waals surface area contributed by atoms with E-state index in [2.05, 4.69) is 0 Å². The van der Waals surface area contributed by atoms with Crippen molar-refractivity contribution in [1.29, 1.82) is 0 Å². The topological polar surface area (TPSA) is 269 Å². The summed E-state index contributed by atoms with van der Waals surface area (Å²) in [6.07, 6.45) is -18.6. The molecule has 2 aromatic carbocycles. The Balaban J connectivity index is 1.51. The molecule has 0 amide bonds. The Labute approximate surface area is 241 Å². The Morgan fingerprint density at radius 1 is 0.837 bits per heavy atom. The zero-order valence-corrected chi connectivity index (χ0v) is 22.3. The molecule has 3 heterocycles. The summed E-state index contributed by atoms with van der Waals surface area (Å²) in [6, 6.07) is 6.11. The van der Waals surface area contributed by atoms with Crippen molar-refractivity contribution in [2.24, 2.45) is 0 Å². The highest BCUT2D eigenvalue weighted by molar-refractivity contribution is 5.88. The van der Waals surface area contributed by atoms with Crippen LogP contribution in [0.15, 0.2) is 39.5 Å². The molecule has 0 radical (unpaired) electrons. The lowest BCUT2D eigenvalue weighted by Gasteiger charge is -2.45. The van der Waals surface area contributed by atoms with Crippen LogP contribution in [0, 0.1) is 0 Å². The van der Waals surface area contributed by atoms with Crippen molar-refractivity contribution < 1.29 is 74.4 Å². The number of hydrogen-bond donors (Lipinski definition) is 10. The minimum absolute atomic E-state index is 0.0113. The number of phenols is 3. The second-order valence-electron chi connectivity index (χ2n) is 10.1. The first kappa shape index (κ1) is 30.9. The summed E-state index contributed by atoms with van der Waals surface area (Å²) in [5.74, 6) is -1.74. The zero-order valence-electron chi connectivity index (χ0n) is 22.3. The zero-order chi connectivity index (χ0) is 31.3. The predicted molar refractivity (Wildman–Crippen MR) is 140 cm³/mol. The van der Waals surface area contributed by atoms with Crippen molar-refractivity contribution in [3.8, 4) is 34.3 Å². The van der Waals surface area contributed by atoms with E-state index in [0.717, 1.165) is 12.1 Å². The Hall–Kier alpha value is -3.55. The van der Waals surface area contributed by atoms with Crippen LogP contribution in [0.2, 0.25) is 0 Å². The number of benzene rings is 2. The van der Waals surface area contributed by atoms with Crippen LogP contribution in [-0.2, 0) is 14.2 Å². The van der Waals surface area contributed by atoms with Gasteiger partial charge in [-0.3, -0.25) is 4.79 Å². The third kappa shape index (κ3) is 5.38. The van der Waals surface area contributed by atoms with Crippen LogP contribution in [0.1, 0.15) is 11.7 Å². The molecule has 3 aromatic rings. The van der Waals surface area contributed by atoms with Crippen LogP contribution in [0.25, 0.3) is 22.3 Å². The molecule has 234 valence electrons. The molecule has 16 nitrogen and oxygen atoms in total. The molecule has 2 fully saturated rings. The molecule has 0 spiro atoms. The molecule has 10 atom stereocenters. The molecule has 5 rings (SSSR count). The summed E-state index contributed by atoms with van der Waals surface area (Å²) >= 11 is 0. The van der Waals surface area contributed by atoms with E-state index in [1.54, 1.807) is 0 Å². The van der Waals surface area contributed by atoms with Gasteiger partial charge in [0.2, 0.25) is 0 Å². The lowest BCUT2D eigenvalue weighted by Crippen LogP contribution is -2.63. The highest BCUT2D eigenvalue weighted by atomic mass is 16.7. The fourth-order valence-corrected chi connectivity index (χ4v) is 5.14. The molecule has 0 unspecified atom stereocenters. The smallest absolute Gasteiger partial charge is 0.197 e. The van der Waals surface area contributed by atoms with E-state index in [-0.39, 0.29) is 22.8 Å². The molecule has 0 bridgehead atoms. The van der Waals surface area contributed by atoms with E-state index < -0.39 is 95.9 Å². The fourth-order valence-electron chi connectivity index (χ4n) is 5.14. The van der Waals surface area contributed by atoms with Crippen molar-refractivity contribution in [3.63, 3.8) is 0 Å². The van der Waals surface area contributed by atoms with Crippen molar-refractivity contribution in [1.82, 2.24) is 0 Å². The molecule has 43 heavy (non-hydrogen) atoms. The molecule has 1 aromatic heterocycles. The van der Waals surface area contributed by atoms with Crippen LogP contribution in [0.3, 0.4) is 0 Å². The third-order valence-corrected chi connectivity index (χ3v) is 7.46. The van der Waals surface area contributed by atoms with Crippen LogP contribution in [-0.4, -0.2) is 120 Å². The molecular weight excluding hydrogens is 580 g/mol. The van der Waals surface area contributed by atoms with Gasteiger partial charge in [-0.1, -0.05) is 0 Å². The standard InChI is InChI=1S/C27H30O16/c1-39-13-4-8(2-3-9(13)29)12-5-10(30)16-14(40-12)6-11(31)17(19(16)33)24-22(36)25(23(37)26(38)42-24)43-27-21(35)20(34)18(32)15(7-28)41-27/h2-6,15,18,20-29,31-38H,7H2,1H3/t15-,18-,20+,21-,22+,23+,24-,25-,26+,27-/m1/s1. The third-order valence-electron chi connectivity index (χ3n) is 7.46. The lowest BCUT2D eigenvalue weighted by molar-refractivity contribution is -0.355. The van der Waals surface area contributed by atoms with Gasteiger partial charge >= 0.3 is 0 Å². The number of hydrogen-bond acceptors (Lipinski definition) is 16. The van der Waals surface area contributed by atoms with E-state index >= 15 is 0 Å². The molecule has 2 aliphatic heterocycles. The van der Waals surface area contributed by atoms with E-state index in [0.29, 0.717) is 5.56 Å². The summed E-state index contributed by atoms with van der Waals surface area (Å²) in [5.41, 5.74) is -1.34. The minimum Gasteiger partial charge on any atom is -0.507 e. The molecule has 0 aliphatic carbocycles. The van der Waals surface area contributed by atoms with E-state index in [1.807, 2.05) is 0 Å². The van der Waals surface area contributed by atoms with Crippen LogP contribution in [0.4, 0.5) is 0 Å². The lowest BCUT2D eigenvalue weighted by atomic mass is 9.91. The van der Waals surface area contributed by atoms with Crippen molar-refractivity contribution >= 4 is 11.0 Å². The molecular formula is C27H30O16. The number of aliphatic hydroxyl groups excluding tert-OH is 7. The van der Waals surface area contributed by atoms with Gasteiger partial charge in [0.15, 0.2) is 29.5 Å². The van der Waals surface area contributed by atoms with E-state index in [4.69, 9.17) is 23.4 Å². The maximum absolute atomic E-state index is 13.1. The van der Waals surface area contributed by atoms with Crippen LogP contribution >= 0.6 is 0 Å². The highest BCUT2D eigenvalue weighted by Crippen LogP contribution is 2.45. The molecule has 10 N–H and O–H groups in total. The van der Waals surface area contributed by atoms with Gasteiger partial charge in [-0.15, -0.1) is 0 Å². The fraction of sp³-hybridized carbons (Fsp3) is 0.444. The molecule has 2 saturated heterocycles. The average molecular weight is 611 g/mol. The summed E-state index contributed by atoms with van der Waals surface area (Å²) in [5, 5.41) is 103. The predicted octanol–water partition coefficient (Wildman–Crippen LogP) is -2.12. The van der Waals surface area contributed by atoms with Crippen molar-refractivity contribution in [2.45, 2.75) is 61.4 Å². The number of rotatable bonds is 6. The second-order valence-corrected chi connectivity index (χ2v) is 10.1. The Morgan fingerprint density at radius 2 is 1.56 bits per heavy atom. The van der Waals surface area contributed by atoms with Crippen molar-refractivity contribution in [2.75, 3.05) is 13.7 Å². The Kier molecular flexibility index (Phi) is 8.52. The minimum atomic E-state index is -2.11. The first-order valence-corrected chi connectivity index (χ1v) is 12.9. The summed E-state index contributed by atoms with van der Waals surface area (Å²) in [6.45, 7) is -0.793. The van der Waals surface area contributed by atoms with Gasteiger partial charge in [0.05, 0.1) is 19.3 Å². The number of phenolic OH excluding ortho intramolecular Hbond substituents is 3. The van der Waals surface area contributed by atoms with Gasteiger partial charge in [0, 0.05) is 17.7 Å². The van der Waals surface area contributed by atoms with Gasteiger partial charge in [-0.05, 0) is 18.2 Å². The normalized spacial score (nSPS) is 33.0. The largest absolute Gasteiger partial charge is 0.507 e. The van der Waals surface area contributed by atoms with Crippen LogP contribution in [0.5, 0.6) is 23.0 Å². The number of fused-ring (bicyclic) bond motifs is 1. The summed E-state index contributed by atoms with van der Waals surface area (Å²) < 4.78 is 26.7. The SMILES string of the molecule is COc1cc(-c2cc(=O)c3c(O)c([C@H]4O[C@H](O)[C@@H](O)[C@H](O[C@H]5O[C@H](CO)[C@@H](O)[C@H](O)[C@H]5O)[C@H]4O)c(O)cc3o2)ccc1O. The molecule has 0 saturated carbocycles. The van der Waals surface area contributed by atoms with Crippen LogP contribution < -0.4 is 10.2 Å². The number of aliphatic hydroxyl groups is 7. The molecule has 2 aliphatic rings. The number of aromatic hydroxyl groups is 3. The highest BCUT2D eigenvalue weighted by Gasteiger charge is 2.51. The summed E-state index contributed by atoms with van der Waals surface area (Å²) in [4.78, 5) is 13.1. The van der Waals surface area contributed by atoms with Crippen molar-refractivity contribution in [3.05, 3.63) is 46.1 Å². The summed E-state index contributed by atoms with van der Waals surface area (Å²) in [7, 11) is 1.32. The second kappa shape index (κ2) is 11.9. The monoisotopic (exact) mass is 610 g/mol. The van der Waals surface area contributed by atoms with Gasteiger partial charge in [-0.25, -0.2) is 0 Å². The number of methoxy groups -OCH3 is 1. The van der Waals surface area contributed by atoms with E-state index in [1.165, 1.54) is 25.3 Å². The van der Waals surface area contributed by atoms with Gasteiger partial charge in [-0.2, -0.15) is 0 Å². The maximum Gasteiger partial charge on any atom is 0.197 e. The first-order chi connectivity index (χ1) is 20.4.